The first-order chi connectivity index (χ1) is 10.2. The van der Waals surface area contributed by atoms with Crippen LogP contribution in [0.4, 0.5) is 0 Å². The maximum atomic E-state index is 9.78. The number of nitrogens with zero attached hydrogens (tertiary/aromatic N) is 3. The summed E-state index contributed by atoms with van der Waals surface area (Å²) in [6.45, 7) is 7.56. The van der Waals surface area contributed by atoms with Crippen molar-refractivity contribution in [2.75, 3.05) is 39.8 Å². The summed E-state index contributed by atoms with van der Waals surface area (Å²) in [7, 11) is 2.29. The van der Waals surface area contributed by atoms with Crippen LogP contribution in [-0.2, 0) is 0 Å². The van der Waals surface area contributed by atoms with Crippen molar-refractivity contribution in [1.29, 1.82) is 5.26 Å². The third-order valence-electron chi connectivity index (χ3n) is 5.87. The molecule has 0 aromatic carbocycles. The Morgan fingerprint density at radius 3 is 2.71 bits per heavy atom. The fraction of sp³-hybridized carbons (Fsp3) is 0.941. The first-order valence-electron chi connectivity index (χ1n) is 8.77. The number of fused-ring (bicyclic) bond motifs is 1. The molecule has 21 heavy (non-hydrogen) atoms. The number of hydrogen-bond acceptors (Lipinski definition) is 4. The van der Waals surface area contributed by atoms with Gasteiger partial charge in [0.05, 0.1) is 6.07 Å². The molecule has 3 aliphatic rings. The van der Waals surface area contributed by atoms with Crippen molar-refractivity contribution < 1.29 is 0 Å². The number of rotatable bonds is 5. The second-order valence-corrected chi connectivity index (χ2v) is 7.36. The molecule has 4 nitrogen and oxygen atoms in total. The van der Waals surface area contributed by atoms with Crippen molar-refractivity contribution in [2.45, 2.75) is 50.6 Å². The van der Waals surface area contributed by atoms with Crippen LogP contribution in [0.15, 0.2) is 0 Å². The van der Waals surface area contributed by atoms with E-state index in [9.17, 15) is 5.26 Å². The molecule has 0 amide bonds. The highest BCUT2D eigenvalue weighted by atomic mass is 15.2. The summed E-state index contributed by atoms with van der Waals surface area (Å²) in [4.78, 5) is 5.14. The molecule has 1 aliphatic carbocycles. The molecule has 3 rings (SSSR count). The molecule has 2 aliphatic heterocycles. The molecule has 118 valence electrons. The maximum Gasteiger partial charge on any atom is 0.122 e. The lowest BCUT2D eigenvalue weighted by molar-refractivity contribution is 0.0290. The highest BCUT2D eigenvalue weighted by Crippen LogP contribution is 2.40. The van der Waals surface area contributed by atoms with E-state index < -0.39 is 0 Å². The van der Waals surface area contributed by atoms with Crippen molar-refractivity contribution in [1.82, 2.24) is 15.1 Å². The molecule has 1 N–H and O–H groups in total. The van der Waals surface area contributed by atoms with Crippen LogP contribution in [0.25, 0.3) is 0 Å². The Bertz CT molecular complexity index is 400. The van der Waals surface area contributed by atoms with Gasteiger partial charge in [0, 0.05) is 19.1 Å². The van der Waals surface area contributed by atoms with E-state index in [-0.39, 0.29) is 5.54 Å². The second kappa shape index (κ2) is 6.24. The summed E-state index contributed by atoms with van der Waals surface area (Å²) in [5.74, 6) is 1.39. The van der Waals surface area contributed by atoms with Gasteiger partial charge in [0.25, 0.3) is 0 Å². The third-order valence-corrected chi connectivity index (χ3v) is 5.87. The van der Waals surface area contributed by atoms with Gasteiger partial charge in [-0.05, 0) is 70.6 Å². The third kappa shape index (κ3) is 3.11. The Labute approximate surface area is 129 Å². The van der Waals surface area contributed by atoms with E-state index in [4.69, 9.17) is 0 Å². The summed E-state index contributed by atoms with van der Waals surface area (Å²) in [5.41, 5.74) is -0.290. The molecule has 3 atom stereocenters. The molecule has 2 saturated heterocycles. The van der Waals surface area contributed by atoms with Crippen LogP contribution in [0.5, 0.6) is 0 Å². The lowest BCUT2D eigenvalue weighted by Crippen LogP contribution is -2.59. The molecule has 0 bridgehead atoms. The van der Waals surface area contributed by atoms with Gasteiger partial charge in [-0.1, -0.05) is 6.92 Å². The largest absolute Gasteiger partial charge is 0.303 e. The monoisotopic (exact) mass is 290 g/mol. The fourth-order valence-electron chi connectivity index (χ4n) is 4.61. The van der Waals surface area contributed by atoms with E-state index >= 15 is 0 Å². The molecular weight excluding hydrogens is 260 g/mol. The van der Waals surface area contributed by atoms with Gasteiger partial charge in [-0.3, -0.25) is 5.32 Å². The van der Waals surface area contributed by atoms with Crippen molar-refractivity contribution >= 4 is 0 Å². The Hall–Kier alpha value is -0.630. The fourth-order valence-corrected chi connectivity index (χ4v) is 4.61. The molecule has 4 heteroatoms. The highest BCUT2D eigenvalue weighted by Gasteiger charge is 2.47. The minimum atomic E-state index is -0.290. The van der Waals surface area contributed by atoms with Gasteiger partial charge in [-0.25, -0.2) is 0 Å². The van der Waals surface area contributed by atoms with Crippen LogP contribution in [0.1, 0.15) is 39.0 Å². The van der Waals surface area contributed by atoms with E-state index in [1.54, 1.807) is 0 Å². The molecule has 0 aromatic heterocycles. The van der Waals surface area contributed by atoms with E-state index in [2.05, 4.69) is 35.2 Å². The van der Waals surface area contributed by atoms with Gasteiger partial charge in [-0.2, -0.15) is 5.26 Å². The van der Waals surface area contributed by atoms with E-state index in [1.165, 1.54) is 45.2 Å². The average molecular weight is 290 g/mol. The number of likely N-dealkylation sites (tertiary alicyclic amines) is 2. The van der Waals surface area contributed by atoms with Gasteiger partial charge in [0.1, 0.15) is 5.54 Å². The van der Waals surface area contributed by atoms with Crippen LogP contribution in [-0.4, -0.2) is 61.2 Å². The average Bonchev–Trinajstić information content (AvgIpc) is 3.32. The Balaban J connectivity index is 1.63. The van der Waals surface area contributed by atoms with Crippen LogP contribution in [0, 0.1) is 23.2 Å². The number of nitrogens with one attached hydrogen (secondary N) is 1. The number of likely N-dealkylation sites (N-methyl/N-ethyl adjacent to an activating group) is 1. The van der Waals surface area contributed by atoms with E-state index in [0.717, 1.165) is 31.6 Å². The topological polar surface area (TPSA) is 42.3 Å². The molecule has 2 heterocycles. The van der Waals surface area contributed by atoms with E-state index in [0.29, 0.717) is 5.92 Å². The second-order valence-electron chi connectivity index (χ2n) is 7.36. The smallest absolute Gasteiger partial charge is 0.122 e. The number of hydrogen-bond donors (Lipinski definition) is 1. The summed E-state index contributed by atoms with van der Waals surface area (Å²) in [6, 6.07) is 3.43. The van der Waals surface area contributed by atoms with Crippen LogP contribution in [0.3, 0.4) is 0 Å². The minimum Gasteiger partial charge on any atom is -0.303 e. The molecular formula is C17H30N4. The number of piperidine rings is 2. The van der Waals surface area contributed by atoms with Crippen LogP contribution in [0.2, 0.25) is 0 Å². The maximum absolute atomic E-state index is 9.78. The van der Waals surface area contributed by atoms with Crippen molar-refractivity contribution in [2.24, 2.45) is 11.8 Å². The van der Waals surface area contributed by atoms with Gasteiger partial charge in [0.15, 0.2) is 0 Å². The molecule has 3 fully saturated rings. The predicted octanol–water partition coefficient (Wildman–Crippen LogP) is 1.68. The van der Waals surface area contributed by atoms with Gasteiger partial charge in [0.2, 0.25) is 0 Å². The van der Waals surface area contributed by atoms with Gasteiger partial charge >= 0.3 is 0 Å². The molecule has 0 aromatic rings. The number of nitriles is 1. The first kappa shape index (κ1) is 15.3. The quantitative estimate of drug-likeness (QED) is 0.836. The summed E-state index contributed by atoms with van der Waals surface area (Å²) in [5, 5.41) is 13.3. The minimum absolute atomic E-state index is 0.290. The SMILES string of the molecule is CCNC(C#N)(CN1CCC2C(CCCN2C)C1)C1CC1. The molecule has 1 saturated carbocycles. The van der Waals surface area contributed by atoms with Gasteiger partial charge < -0.3 is 9.80 Å². The molecule has 3 unspecified atom stereocenters. The lowest BCUT2D eigenvalue weighted by atomic mass is 9.83. The van der Waals surface area contributed by atoms with Crippen molar-refractivity contribution in [3.63, 3.8) is 0 Å². The Morgan fingerprint density at radius 2 is 2.05 bits per heavy atom. The summed E-state index contributed by atoms with van der Waals surface area (Å²) >= 11 is 0. The zero-order chi connectivity index (χ0) is 14.9. The van der Waals surface area contributed by atoms with Crippen molar-refractivity contribution in [3.05, 3.63) is 0 Å². The van der Waals surface area contributed by atoms with Crippen molar-refractivity contribution in [3.8, 4) is 6.07 Å². The first-order valence-corrected chi connectivity index (χ1v) is 8.77. The summed E-state index contributed by atoms with van der Waals surface area (Å²) < 4.78 is 0. The van der Waals surface area contributed by atoms with Crippen LogP contribution >= 0.6 is 0 Å². The molecule has 0 spiro atoms. The molecule has 0 radical (unpaired) electrons. The zero-order valence-corrected chi connectivity index (χ0v) is 13.6. The zero-order valence-electron chi connectivity index (χ0n) is 13.6. The Morgan fingerprint density at radius 1 is 1.24 bits per heavy atom. The van der Waals surface area contributed by atoms with Crippen LogP contribution < -0.4 is 5.32 Å². The normalized spacial score (nSPS) is 34.0. The van der Waals surface area contributed by atoms with E-state index in [1.807, 2.05) is 0 Å². The summed E-state index contributed by atoms with van der Waals surface area (Å²) in [6.07, 6.45) is 6.44. The lowest BCUT2D eigenvalue weighted by Gasteiger charge is -2.47. The predicted molar refractivity (Wildman–Crippen MR) is 84.9 cm³/mol. The standard InChI is InChI=1S/C17H30N4/c1-3-19-17(12-18,15-6-7-15)13-21-10-8-16-14(11-21)5-4-9-20(16)2/h14-16,19H,3-11,13H2,1-2H3. The van der Waals surface area contributed by atoms with Gasteiger partial charge in [-0.15, -0.1) is 0 Å². The Kier molecular flexibility index (Phi) is 4.54. The highest BCUT2D eigenvalue weighted by molar-refractivity contribution is 5.17.